The number of halogens is 1. The van der Waals surface area contributed by atoms with Crippen LogP contribution in [0.25, 0.3) is 0 Å². The molecule has 0 aromatic heterocycles. The summed E-state index contributed by atoms with van der Waals surface area (Å²) in [5.41, 5.74) is 1.63. The van der Waals surface area contributed by atoms with Crippen LogP contribution in [0.3, 0.4) is 0 Å². The lowest BCUT2D eigenvalue weighted by Gasteiger charge is -2.08. The van der Waals surface area contributed by atoms with E-state index >= 15 is 0 Å². The molecule has 0 spiro atoms. The molecular weight excluding hydrogens is 236 g/mol. The highest BCUT2D eigenvalue weighted by atomic mass is 35.5. The number of carbonyl (C=O) groups is 1. The molecule has 0 heterocycles. The summed E-state index contributed by atoms with van der Waals surface area (Å²) in [6, 6.07) is 12.4. The van der Waals surface area contributed by atoms with Gasteiger partial charge >= 0.3 is 0 Å². The second-order valence-corrected chi connectivity index (χ2v) is 4.14. The predicted molar refractivity (Wildman–Crippen MR) is 68.1 cm³/mol. The Morgan fingerprint density at radius 1 is 1.12 bits per heavy atom. The molecule has 3 heteroatoms. The molecule has 0 bridgehead atoms. The van der Waals surface area contributed by atoms with Crippen LogP contribution in [-0.2, 0) is 0 Å². The predicted octanol–water partition coefficient (Wildman–Crippen LogP) is 4.25. The van der Waals surface area contributed by atoms with Crippen molar-refractivity contribution in [3.63, 3.8) is 0 Å². The van der Waals surface area contributed by atoms with Crippen LogP contribution in [-0.4, -0.2) is 6.29 Å². The Morgan fingerprint density at radius 3 is 2.47 bits per heavy atom. The van der Waals surface area contributed by atoms with Crippen LogP contribution in [0.4, 0.5) is 0 Å². The first-order valence-corrected chi connectivity index (χ1v) is 5.56. The van der Waals surface area contributed by atoms with Crippen molar-refractivity contribution in [1.82, 2.24) is 0 Å². The fourth-order valence-electron chi connectivity index (χ4n) is 1.43. The third kappa shape index (κ3) is 2.86. The highest BCUT2D eigenvalue weighted by Crippen LogP contribution is 2.27. The molecule has 2 nitrogen and oxygen atoms in total. The SMILES string of the molecule is Cc1ccc(Cl)cc1Oc1ccc(C=O)cc1. The van der Waals surface area contributed by atoms with E-state index in [1.165, 1.54) is 0 Å². The molecule has 0 saturated carbocycles. The molecule has 2 rings (SSSR count). The largest absolute Gasteiger partial charge is 0.457 e. The van der Waals surface area contributed by atoms with E-state index < -0.39 is 0 Å². The van der Waals surface area contributed by atoms with Gasteiger partial charge in [0.1, 0.15) is 17.8 Å². The lowest BCUT2D eigenvalue weighted by Crippen LogP contribution is -1.88. The van der Waals surface area contributed by atoms with E-state index in [0.29, 0.717) is 16.3 Å². The number of hydrogen-bond acceptors (Lipinski definition) is 2. The molecule has 0 amide bonds. The van der Waals surface area contributed by atoms with Crippen LogP contribution in [0.1, 0.15) is 15.9 Å². The van der Waals surface area contributed by atoms with Gasteiger partial charge in [0.25, 0.3) is 0 Å². The Morgan fingerprint density at radius 2 is 1.82 bits per heavy atom. The van der Waals surface area contributed by atoms with E-state index in [-0.39, 0.29) is 0 Å². The molecule has 0 aliphatic heterocycles. The van der Waals surface area contributed by atoms with Crippen LogP contribution < -0.4 is 4.74 Å². The van der Waals surface area contributed by atoms with E-state index in [9.17, 15) is 4.79 Å². The lowest BCUT2D eigenvalue weighted by atomic mass is 10.2. The highest BCUT2D eigenvalue weighted by Gasteiger charge is 2.02. The van der Waals surface area contributed by atoms with Crippen molar-refractivity contribution in [2.75, 3.05) is 0 Å². The Labute approximate surface area is 105 Å². The second-order valence-electron chi connectivity index (χ2n) is 3.70. The maximum Gasteiger partial charge on any atom is 0.150 e. The van der Waals surface area contributed by atoms with Crippen molar-refractivity contribution in [3.8, 4) is 11.5 Å². The molecule has 86 valence electrons. The minimum Gasteiger partial charge on any atom is -0.457 e. The number of hydrogen-bond donors (Lipinski definition) is 0. The van der Waals surface area contributed by atoms with Crippen molar-refractivity contribution in [3.05, 3.63) is 58.6 Å². The molecule has 2 aromatic rings. The summed E-state index contributed by atoms with van der Waals surface area (Å²) in [5, 5.41) is 0.634. The van der Waals surface area contributed by atoms with Gasteiger partial charge in [-0.3, -0.25) is 4.79 Å². The number of ether oxygens (including phenoxy) is 1. The monoisotopic (exact) mass is 246 g/mol. The molecule has 0 aliphatic carbocycles. The Hall–Kier alpha value is -1.80. The van der Waals surface area contributed by atoms with Crippen LogP contribution >= 0.6 is 11.6 Å². The zero-order valence-electron chi connectivity index (χ0n) is 9.31. The van der Waals surface area contributed by atoms with E-state index in [4.69, 9.17) is 16.3 Å². The summed E-state index contributed by atoms with van der Waals surface area (Å²) in [7, 11) is 0. The van der Waals surface area contributed by atoms with Gasteiger partial charge in [-0.2, -0.15) is 0 Å². The fraction of sp³-hybridized carbons (Fsp3) is 0.0714. The van der Waals surface area contributed by atoms with Gasteiger partial charge in [-0.1, -0.05) is 17.7 Å². The van der Waals surface area contributed by atoms with Gasteiger partial charge in [0, 0.05) is 10.6 Å². The summed E-state index contributed by atoms with van der Waals surface area (Å²) >= 11 is 5.90. The average molecular weight is 247 g/mol. The van der Waals surface area contributed by atoms with E-state index in [1.807, 2.05) is 19.1 Å². The number of aryl methyl sites for hydroxylation is 1. The Balaban J connectivity index is 2.24. The summed E-state index contributed by atoms with van der Waals surface area (Å²) in [5.74, 6) is 1.40. The van der Waals surface area contributed by atoms with Crippen molar-refractivity contribution < 1.29 is 9.53 Å². The van der Waals surface area contributed by atoms with Gasteiger partial charge in [0.2, 0.25) is 0 Å². The number of aldehydes is 1. The zero-order valence-corrected chi connectivity index (χ0v) is 10.1. The summed E-state index contributed by atoms with van der Waals surface area (Å²) < 4.78 is 5.69. The first kappa shape index (κ1) is 11.7. The second kappa shape index (κ2) is 5.02. The molecule has 0 saturated heterocycles. The smallest absolute Gasteiger partial charge is 0.150 e. The minimum atomic E-state index is 0.625. The molecule has 0 unspecified atom stereocenters. The van der Waals surface area contributed by atoms with Gasteiger partial charge in [-0.15, -0.1) is 0 Å². The number of carbonyl (C=O) groups excluding carboxylic acids is 1. The van der Waals surface area contributed by atoms with Gasteiger partial charge in [0.15, 0.2) is 0 Å². The van der Waals surface area contributed by atoms with Crippen molar-refractivity contribution in [1.29, 1.82) is 0 Å². The maximum atomic E-state index is 10.5. The van der Waals surface area contributed by atoms with Crippen LogP contribution in [0, 0.1) is 6.92 Å². The quantitative estimate of drug-likeness (QED) is 0.757. The third-order valence-corrected chi connectivity index (χ3v) is 2.63. The summed E-state index contributed by atoms with van der Waals surface area (Å²) in [4.78, 5) is 10.5. The first-order chi connectivity index (χ1) is 8.19. The number of benzene rings is 2. The van der Waals surface area contributed by atoms with E-state index in [0.717, 1.165) is 17.6 Å². The van der Waals surface area contributed by atoms with Crippen molar-refractivity contribution in [2.24, 2.45) is 0 Å². The number of rotatable bonds is 3. The fourth-order valence-corrected chi connectivity index (χ4v) is 1.59. The molecule has 2 aromatic carbocycles. The molecular formula is C14H11ClO2. The van der Waals surface area contributed by atoms with Crippen molar-refractivity contribution >= 4 is 17.9 Å². The maximum absolute atomic E-state index is 10.5. The third-order valence-electron chi connectivity index (χ3n) is 2.39. The first-order valence-electron chi connectivity index (χ1n) is 5.18. The zero-order chi connectivity index (χ0) is 12.3. The van der Waals surface area contributed by atoms with Crippen LogP contribution in [0.5, 0.6) is 11.5 Å². The summed E-state index contributed by atoms with van der Waals surface area (Å²) in [6.45, 7) is 1.95. The highest BCUT2D eigenvalue weighted by molar-refractivity contribution is 6.30. The Bertz CT molecular complexity index is 532. The van der Waals surface area contributed by atoms with Gasteiger partial charge in [0.05, 0.1) is 0 Å². The molecule has 17 heavy (non-hydrogen) atoms. The summed E-state index contributed by atoms with van der Waals surface area (Å²) in [6.07, 6.45) is 0.800. The van der Waals surface area contributed by atoms with Crippen LogP contribution in [0.15, 0.2) is 42.5 Å². The van der Waals surface area contributed by atoms with Crippen LogP contribution in [0.2, 0.25) is 5.02 Å². The molecule has 0 radical (unpaired) electrons. The van der Waals surface area contributed by atoms with Crippen molar-refractivity contribution in [2.45, 2.75) is 6.92 Å². The standard InChI is InChI=1S/C14H11ClO2/c1-10-2-5-12(15)8-14(10)17-13-6-3-11(9-16)4-7-13/h2-9H,1H3. The van der Waals surface area contributed by atoms with E-state index in [1.54, 1.807) is 30.3 Å². The van der Waals surface area contributed by atoms with Gasteiger partial charge in [-0.05, 0) is 48.9 Å². The average Bonchev–Trinajstić information content (AvgIpc) is 2.35. The molecule has 0 atom stereocenters. The lowest BCUT2D eigenvalue weighted by molar-refractivity contribution is 0.112. The minimum absolute atomic E-state index is 0.625. The molecule has 0 aliphatic rings. The van der Waals surface area contributed by atoms with Gasteiger partial charge in [-0.25, -0.2) is 0 Å². The van der Waals surface area contributed by atoms with E-state index in [2.05, 4.69) is 0 Å². The topological polar surface area (TPSA) is 26.3 Å². The molecule has 0 fully saturated rings. The molecule has 0 N–H and O–H groups in total. The normalized spacial score (nSPS) is 10.0. The van der Waals surface area contributed by atoms with Gasteiger partial charge < -0.3 is 4.74 Å². The Kier molecular flexibility index (Phi) is 3.45.